The Balaban J connectivity index is 1.51. The third-order valence-electron chi connectivity index (χ3n) is 6.26. The summed E-state index contributed by atoms with van der Waals surface area (Å²) < 4.78 is 37.9. The van der Waals surface area contributed by atoms with Crippen LogP contribution >= 0.6 is 11.3 Å². The van der Waals surface area contributed by atoms with Crippen molar-refractivity contribution < 1.29 is 27.5 Å². The van der Waals surface area contributed by atoms with Crippen LogP contribution in [0.15, 0.2) is 29.2 Å². The second-order valence-electron chi connectivity index (χ2n) is 8.82. The molecule has 1 aromatic carbocycles. The molecule has 3 heterocycles. The molecule has 2 aliphatic rings. The topological polar surface area (TPSA) is 105 Å². The Labute approximate surface area is 210 Å². The molecular formula is C24H31N3O6S2. The predicted octanol–water partition coefficient (Wildman–Crippen LogP) is 2.96. The maximum absolute atomic E-state index is 13.0. The lowest BCUT2D eigenvalue weighted by Gasteiger charge is -2.22. The molecule has 2 aromatic rings. The van der Waals surface area contributed by atoms with E-state index in [1.807, 2.05) is 7.05 Å². The number of likely N-dealkylation sites (N-methyl/N-ethyl adjacent to an activating group) is 2. The molecule has 1 atom stereocenters. The van der Waals surface area contributed by atoms with E-state index in [-0.39, 0.29) is 17.6 Å². The van der Waals surface area contributed by atoms with Crippen molar-refractivity contribution in [2.75, 3.05) is 45.7 Å². The van der Waals surface area contributed by atoms with Gasteiger partial charge in [-0.3, -0.25) is 4.79 Å². The molecule has 0 aliphatic carbocycles. The first-order valence-corrected chi connectivity index (χ1v) is 14.0. The van der Waals surface area contributed by atoms with E-state index in [4.69, 9.17) is 9.47 Å². The number of esters is 1. The van der Waals surface area contributed by atoms with E-state index in [0.29, 0.717) is 42.2 Å². The fourth-order valence-electron chi connectivity index (χ4n) is 4.35. The van der Waals surface area contributed by atoms with Crippen LogP contribution in [0.1, 0.15) is 50.9 Å². The number of amides is 1. The van der Waals surface area contributed by atoms with E-state index >= 15 is 0 Å². The average molecular weight is 522 g/mol. The third kappa shape index (κ3) is 5.59. The number of hydrogen-bond acceptors (Lipinski definition) is 8. The second kappa shape index (κ2) is 10.8. The number of benzene rings is 1. The molecule has 35 heavy (non-hydrogen) atoms. The summed E-state index contributed by atoms with van der Waals surface area (Å²) in [5, 5.41) is 3.31. The van der Waals surface area contributed by atoms with Gasteiger partial charge in [0.1, 0.15) is 5.00 Å². The Morgan fingerprint density at radius 1 is 1.29 bits per heavy atom. The fourth-order valence-corrected chi connectivity index (χ4v) is 6.86. The van der Waals surface area contributed by atoms with E-state index in [9.17, 15) is 18.0 Å². The van der Waals surface area contributed by atoms with E-state index in [0.717, 1.165) is 29.8 Å². The Hall–Kier alpha value is -2.31. The number of nitrogens with zero attached hydrogens (tertiary/aromatic N) is 2. The average Bonchev–Trinajstić information content (AvgIpc) is 3.46. The highest BCUT2D eigenvalue weighted by molar-refractivity contribution is 7.89. The SMILES string of the molecule is CCOC(=O)c1c(NC(=O)c2ccc(S(=O)(=O)N(C)C[C@@H]3CCCO3)cc2)sc2c1CCN(C)C2. The molecule has 0 saturated carbocycles. The largest absolute Gasteiger partial charge is 0.462 e. The summed E-state index contributed by atoms with van der Waals surface area (Å²) in [4.78, 5) is 29.0. The quantitative estimate of drug-likeness (QED) is 0.533. The van der Waals surface area contributed by atoms with Gasteiger partial charge in [0.2, 0.25) is 10.0 Å². The van der Waals surface area contributed by atoms with Crippen molar-refractivity contribution >= 4 is 38.2 Å². The highest BCUT2D eigenvalue weighted by Gasteiger charge is 2.29. The van der Waals surface area contributed by atoms with Gasteiger partial charge in [-0.25, -0.2) is 13.2 Å². The lowest BCUT2D eigenvalue weighted by atomic mass is 10.0. The molecule has 0 unspecified atom stereocenters. The third-order valence-corrected chi connectivity index (χ3v) is 9.23. The van der Waals surface area contributed by atoms with Crippen molar-refractivity contribution in [1.82, 2.24) is 9.21 Å². The van der Waals surface area contributed by atoms with Gasteiger partial charge < -0.3 is 19.7 Å². The van der Waals surface area contributed by atoms with Crippen molar-refractivity contribution in [2.24, 2.45) is 0 Å². The first-order valence-electron chi connectivity index (χ1n) is 11.7. The highest BCUT2D eigenvalue weighted by Crippen LogP contribution is 2.37. The van der Waals surface area contributed by atoms with Gasteiger partial charge in [0.25, 0.3) is 5.91 Å². The minimum atomic E-state index is -3.70. The van der Waals surface area contributed by atoms with Crippen molar-refractivity contribution in [3.63, 3.8) is 0 Å². The van der Waals surface area contributed by atoms with Crippen LogP contribution in [0.4, 0.5) is 5.00 Å². The number of ether oxygens (including phenoxy) is 2. The zero-order valence-corrected chi connectivity index (χ0v) is 21.8. The van der Waals surface area contributed by atoms with Gasteiger partial charge in [-0.15, -0.1) is 11.3 Å². The molecule has 0 radical (unpaired) electrons. The van der Waals surface area contributed by atoms with Gasteiger partial charge in [-0.05, 0) is 63.1 Å². The lowest BCUT2D eigenvalue weighted by molar-refractivity contribution is 0.0526. The first-order chi connectivity index (χ1) is 16.7. The van der Waals surface area contributed by atoms with Crippen LogP contribution in [0, 0.1) is 0 Å². The summed E-state index contributed by atoms with van der Waals surface area (Å²) in [6, 6.07) is 5.81. The molecule has 190 valence electrons. The lowest BCUT2D eigenvalue weighted by Crippen LogP contribution is -2.34. The van der Waals surface area contributed by atoms with Crippen LogP contribution in [-0.2, 0) is 32.5 Å². The van der Waals surface area contributed by atoms with Gasteiger partial charge in [-0.1, -0.05) is 0 Å². The van der Waals surface area contributed by atoms with Gasteiger partial charge in [-0.2, -0.15) is 4.31 Å². The minimum absolute atomic E-state index is 0.0928. The number of sulfonamides is 1. The summed E-state index contributed by atoms with van der Waals surface area (Å²) in [6.45, 7) is 4.46. The monoisotopic (exact) mass is 521 g/mol. The summed E-state index contributed by atoms with van der Waals surface area (Å²) in [5.74, 6) is -0.861. The maximum atomic E-state index is 13.0. The molecule has 0 spiro atoms. The number of carbonyl (C=O) groups excluding carboxylic acids is 2. The van der Waals surface area contributed by atoms with Gasteiger partial charge in [0, 0.05) is 43.7 Å². The molecule has 1 amide bonds. The van der Waals surface area contributed by atoms with Crippen molar-refractivity contribution in [1.29, 1.82) is 0 Å². The molecule has 9 nitrogen and oxygen atoms in total. The number of nitrogens with one attached hydrogen (secondary N) is 1. The predicted molar refractivity (Wildman–Crippen MR) is 133 cm³/mol. The zero-order valence-electron chi connectivity index (χ0n) is 20.2. The summed E-state index contributed by atoms with van der Waals surface area (Å²) >= 11 is 1.38. The minimum Gasteiger partial charge on any atom is -0.462 e. The van der Waals surface area contributed by atoms with Crippen LogP contribution in [0.5, 0.6) is 0 Å². The molecule has 1 aromatic heterocycles. The standard InChI is InChI=1S/C24H31N3O6S2/c1-4-32-24(29)21-19-11-12-26(2)15-20(19)34-23(21)25-22(28)16-7-9-18(10-8-16)35(30,31)27(3)14-17-6-5-13-33-17/h7-10,17H,4-6,11-15H2,1-3H3,(H,25,28)/t17-/m0/s1. The molecule has 2 aliphatic heterocycles. The number of rotatable bonds is 8. The molecule has 4 rings (SSSR count). The van der Waals surface area contributed by atoms with Crippen LogP contribution in [0.25, 0.3) is 0 Å². The number of anilines is 1. The highest BCUT2D eigenvalue weighted by atomic mass is 32.2. The number of hydrogen-bond donors (Lipinski definition) is 1. The molecule has 1 saturated heterocycles. The van der Waals surface area contributed by atoms with E-state index in [1.54, 1.807) is 6.92 Å². The van der Waals surface area contributed by atoms with E-state index < -0.39 is 21.9 Å². The summed E-state index contributed by atoms with van der Waals surface area (Å²) in [6.07, 6.45) is 2.39. The zero-order chi connectivity index (χ0) is 25.2. The summed E-state index contributed by atoms with van der Waals surface area (Å²) in [5.41, 5.74) is 1.64. The van der Waals surface area contributed by atoms with Crippen LogP contribution < -0.4 is 5.32 Å². The van der Waals surface area contributed by atoms with Gasteiger partial charge in [0.15, 0.2) is 0 Å². The fraction of sp³-hybridized carbons (Fsp3) is 0.500. The Kier molecular flexibility index (Phi) is 7.92. The van der Waals surface area contributed by atoms with Gasteiger partial charge in [0.05, 0.1) is 23.2 Å². The van der Waals surface area contributed by atoms with Crippen molar-refractivity contribution in [3.8, 4) is 0 Å². The second-order valence-corrected chi connectivity index (χ2v) is 12.0. The number of fused-ring (bicyclic) bond motifs is 1. The van der Waals surface area contributed by atoms with Crippen molar-refractivity contribution in [2.45, 2.75) is 43.7 Å². The first kappa shape index (κ1) is 25.8. The Morgan fingerprint density at radius 2 is 2.03 bits per heavy atom. The van der Waals surface area contributed by atoms with Crippen LogP contribution in [0.3, 0.4) is 0 Å². The normalized spacial score (nSPS) is 18.5. The van der Waals surface area contributed by atoms with Crippen LogP contribution in [-0.4, -0.2) is 76.0 Å². The van der Waals surface area contributed by atoms with Crippen molar-refractivity contribution in [3.05, 3.63) is 45.8 Å². The van der Waals surface area contributed by atoms with E-state index in [1.165, 1.54) is 47.0 Å². The van der Waals surface area contributed by atoms with E-state index in [2.05, 4.69) is 10.2 Å². The van der Waals surface area contributed by atoms with Gasteiger partial charge >= 0.3 is 5.97 Å². The smallest absolute Gasteiger partial charge is 0.341 e. The Morgan fingerprint density at radius 3 is 2.69 bits per heavy atom. The molecule has 1 fully saturated rings. The molecular weight excluding hydrogens is 490 g/mol. The molecule has 0 bridgehead atoms. The maximum Gasteiger partial charge on any atom is 0.341 e. The van der Waals surface area contributed by atoms with Crippen LogP contribution in [0.2, 0.25) is 0 Å². The molecule has 1 N–H and O–H groups in total. The summed E-state index contributed by atoms with van der Waals surface area (Å²) in [7, 11) is -0.157. The number of thiophene rings is 1. The Bertz CT molecular complexity index is 1190. The number of carbonyl (C=O) groups is 2. The molecule has 11 heteroatoms.